The molecule has 1 aliphatic rings. The highest BCUT2D eigenvalue weighted by Gasteiger charge is 2.23. The Balaban J connectivity index is 1.48. The van der Waals surface area contributed by atoms with Crippen molar-refractivity contribution in [3.8, 4) is 0 Å². The third kappa shape index (κ3) is 5.41. The topological polar surface area (TPSA) is 122 Å². The average Bonchev–Trinajstić information content (AvgIpc) is 2.69. The van der Waals surface area contributed by atoms with Crippen LogP contribution in [0.2, 0.25) is 0 Å². The first kappa shape index (κ1) is 20.9. The summed E-state index contributed by atoms with van der Waals surface area (Å²) in [4.78, 5) is 17.6. The molecule has 2 heterocycles. The first-order valence-corrected chi connectivity index (χ1v) is 12.3. The standard InChI is InChI=1S/C19H22BrN7O2S/c1-30(28,29)27-14-7-5-13(6-8-14)25-19-21-10-16-17(26-19)18(23-11-22-16)24-15-4-2-3-12(20)9-15/h2-4,9-11,13-14,27H,5-8H2,1H3,(H,21,25,26)(H,22,23,24)/t13-,14-. The number of halogens is 1. The number of sulfonamides is 1. The van der Waals surface area contributed by atoms with Gasteiger partial charge in [0, 0.05) is 22.2 Å². The number of nitrogens with one attached hydrogen (secondary N) is 3. The van der Waals surface area contributed by atoms with Crippen molar-refractivity contribution in [3.05, 3.63) is 41.3 Å². The van der Waals surface area contributed by atoms with Gasteiger partial charge >= 0.3 is 0 Å². The summed E-state index contributed by atoms with van der Waals surface area (Å²) >= 11 is 3.47. The van der Waals surface area contributed by atoms with Gasteiger partial charge in [-0.15, -0.1) is 0 Å². The lowest BCUT2D eigenvalue weighted by Crippen LogP contribution is -2.39. The molecule has 0 spiro atoms. The number of aromatic nitrogens is 4. The summed E-state index contributed by atoms with van der Waals surface area (Å²) in [6.07, 6.45) is 7.58. The molecule has 3 N–H and O–H groups in total. The zero-order valence-corrected chi connectivity index (χ0v) is 18.7. The Hall–Kier alpha value is -2.37. The van der Waals surface area contributed by atoms with Crippen molar-refractivity contribution in [3.63, 3.8) is 0 Å². The Morgan fingerprint density at radius 1 is 1.07 bits per heavy atom. The molecule has 158 valence electrons. The summed E-state index contributed by atoms with van der Waals surface area (Å²) in [5.74, 6) is 1.11. The molecule has 0 unspecified atom stereocenters. The Labute approximate surface area is 183 Å². The second-order valence-electron chi connectivity index (χ2n) is 7.37. The zero-order chi connectivity index (χ0) is 21.1. The fourth-order valence-corrected chi connectivity index (χ4v) is 4.80. The molecule has 0 bridgehead atoms. The van der Waals surface area contributed by atoms with E-state index in [1.807, 2.05) is 24.3 Å². The van der Waals surface area contributed by atoms with E-state index in [2.05, 4.69) is 51.2 Å². The van der Waals surface area contributed by atoms with Gasteiger partial charge in [-0.3, -0.25) is 0 Å². The Morgan fingerprint density at radius 2 is 1.83 bits per heavy atom. The van der Waals surface area contributed by atoms with E-state index < -0.39 is 10.0 Å². The van der Waals surface area contributed by atoms with Crippen LogP contribution in [0.25, 0.3) is 11.0 Å². The molecule has 30 heavy (non-hydrogen) atoms. The Morgan fingerprint density at radius 3 is 2.57 bits per heavy atom. The van der Waals surface area contributed by atoms with Crippen LogP contribution < -0.4 is 15.4 Å². The number of nitrogens with zero attached hydrogens (tertiary/aromatic N) is 4. The quantitative estimate of drug-likeness (QED) is 0.480. The van der Waals surface area contributed by atoms with Gasteiger partial charge in [-0.2, -0.15) is 0 Å². The van der Waals surface area contributed by atoms with Crippen LogP contribution in [0.4, 0.5) is 17.5 Å². The molecule has 11 heteroatoms. The zero-order valence-electron chi connectivity index (χ0n) is 16.3. The maximum absolute atomic E-state index is 11.4. The normalized spacial score (nSPS) is 19.5. The number of hydrogen-bond acceptors (Lipinski definition) is 8. The van der Waals surface area contributed by atoms with E-state index in [9.17, 15) is 8.42 Å². The fourth-order valence-electron chi connectivity index (χ4n) is 3.56. The fraction of sp³-hybridized carbons (Fsp3) is 0.368. The van der Waals surface area contributed by atoms with Crippen LogP contribution in [0.5, 0.6) is 0 Å². The van der Waals surface area contributed by atoms with Gasteiger partial charge in [0.25, 0.3) is 0 Å². The third-order valence-electron chi connectivity index (χ3n) is 4.91. The summed E-state index contributed by atoms with van der Waals surface area (Å²) in [6.45, 7) is 0. The molecule has 2 aromatic heterocycles. The molecule has 3 aromatic rings. The van der Waals surface area contributed by atoms with Crippen molar-refractivity contribution < 1.29 is 8.42 Å². The van der Waals surface area contributed by atoms with Crippen LogP contribution in [0.15, 0.2) is 41.3 Å². The van der Waals surface area contributed by atoms with Gasteiger partial charge in [0.2, 0.25) is 16.0 Å². The van der Waals surface area contributed by atoms with Crippen molar-refractivity contribution in [2.45, 2.75) is 37.8 Å². The van der Waals surface area contributed by atoms with Crippen LogP contribution in [0, 0.1) is 0 Å². The van der Waals surface area contributed by atoms with Gasteiger partial charge < -0.3 is 10.6 Å². The first-order valence-electron chi connectivity index (χ1n) is 9.60. The predicted molar refractivity (Wildman–Crippen MR) is 120 cm³/mol. The number of fused-ring (bicyclic) bond motifs is 1. The largest absolute Gasteiger partial charge is 0.351 e. The third-order valence-corrected chi connectivity index (χ3v) is 6.16. The highest BCUT2D eigenvalue weighted by molar-refractivity contribution is 9.10. The molecule has 0 radical (unpaired) electrons. The van der Waals surface area contributed by atoms with E-state index in [-0.39, 0.29) is 12.1 Å². The van der Waals surface area contributed by atoms with Crippen LogP contribution in [0.3, 0.4) is 0 Å². The average molecular weight is 492 g/mol. The summed E-state index contributed by atoms with van der Waals surface area (Å²) < 4.78 is 26.5. The molecule has 0 atom stereocenters. The van der Waals surface area contributed by atoms with Crippen LogP contribution in [0.1, 0.15) is 25.7 Å². The van der Waals surface area contributed by atoms with Crippen molar-refractivity contribution in [1.82, 2.24) is 24.7 Å². The Bertz CT molecular complexity index is 1150. The second kappa shape index (κ2) is 8.78. The van der Waals surface area contributed by atoms with Crippen molar-refractivity contribution in [1.29, 1.82) is 0 Å². The molecule has 9 nitrogen and oxygen atoms in total. The van der Waals surface area contributed by atoms with Gasteiger partial charge in [0.1, 0.15) is 17.4 Å². The summed E-state index contributed by atoms with van der Waals surface area (Å²) in [6, 6.07) is 7.97. The molecular formula is C19H22BrN7O2S. The maximum Gasteiger partial charge on any atom is 0.223 e. The second-order valence-corrected chi connectivity index (χ2v) is 10.1. The summed E-state index contributed by atoms with van der Waals surface area (Å²) in [5, 5.41) is 6.65. The summed E-state index contributed by atoms with van der Waals surface area (Å²) in [7, 11) is -3.18. The lowest BCUT2D eigenvalue weighted by molar-refractivity contribution is 0.387. The smallest absolute Gasteiger partial charge is 0.223 e. The molecule has 1 fully saturated rings. The maximum atomic E-state index is 11.4. The van der Waals surface area contributed by atoms with Crippen molar-refractivity contribution >= 4 is 54.4 Å². The SMILES string of the molecule is CS(=O)(=O)N[C@H]1CC[C@H](Nc2ncc3ncnc(Nc4cccc(Br)c4)c3n2)CC1. The van der Waals surface area contributed by atoms with Gasteiger partial charge in [0.15, 0.2) is 5.82 Å². The molecule has 4 rings (SSSR count). The molecule has 0 amide bonds. The minimum Gasteiger partial charge on any atom is -0.351 e. The van der Waals surface area contributed by atoms with E-state index in [0.29, 0.717) is 22.8 Å². The molecule has 0 aliphatic heterocycles. The number of rotatable bonds is 6. The van der Waals surface area contributed by atoms with Crippen LogP contribution >= 0.6 is 15.9 Å². The van der Waals surface area contributed by atoms with E-state index in [4.69, 9.17) is 0 Å². The monoisotopic (exact) mass is 491 g/mol. The van der Waals surface area contributed by atoms with Gasteiger partial charge in [-0.25, -0.2) is 33.1 Å². The van der Waals surface area contributed by atoms with E-state index in [0.717, 1.165) is 35.8 Å². The van der Waals surface area contributed by atoms with Crippen LogP contribution in [-0.2, 0) is 10.0 Å². The number of hydrogen-bond donors (Lipinski definition) is 3. The molecule has 0 saturated heterocycles. The minimum atomic E-state index is -3.18. The van der Waals surface area contributed by atoms with E-state index >= 15 is 0 Å². The van der Waals surface area contributed by atoms with Gasteiger partial charge in [-0.05, 0) is 43.9 Å². The number of benzene rings is 1. The molecule has 1 aromatic carbocycles. The lowest BCUT2D eigenvalue weighted by Gasteiger charge is -2.29. The molecular weight excluding hydrogens is 470 g/mol. The molecule has 1 saturated carbocycles. The van der Waals surface area contributed by atoms with E-state index in [1.165, 1.54) is 12.6 Å². The van der Waals surface area contributed by atoms with Gasteiger partial charge in [-0.1, -0.05) is 22.0 Å². The van der Waals surface area contributed by atoms with E-state index in [1.54, 1.807) is 6.20 Å². The number of anilines is 3. The predicted octanol–water partition coefficient (Wildman–Crippen LogP) is 3.20. The Kier molecular flexibility index (Phi) is 6.11. The lowest BCUT2D eigenvalue weighted by atomic mass is 9.92. The van der Waals surface area contributed by atoms with Gasteiger partial charge in [0.05, 0.1) is 12.5 Å². The van der Waals surface area contributed by atoms with Crippen molar-refractivity contribution in [2.75, 3.05) is 16.9 Å². The van der Waals surface area contributed by atoms with Crippen molar-refractivity contribution in [2.24, 2.45) is 0 Å². The van der Waals surface area contributed by atoms with Crippen LogP contribution in [-0.4, -0.2) is 46.7 Å². The highest BCUT2D eigenvalue weighted by Crippen LogP contribution is 2.25. The summed E-state index contributed by atoms with van der Waals surface area (Å²) in [5.41, 5.74) is 2.16. The first-order chi connectivity index (χ1) is 14.4. The molecule has 1 aliphatic carbocycles. The highest BCUT2D eigenvalue weighted by atomic mass is 79.9. The minimum absolute atomic E-state index is 0.00929.